The molecule has 2 unspecified atom stereocenters. The molecule has 7 heteroatoms. The maximum Gasteiger partial charge on any atom is 0.229 e. The van der Waals surface area contributed by atoms with Crippen molar-refractivity contribution >= 4 is 34.0 Å². The molecule has 2 aromatic rings. The summed E-state index contributed by atoms with van der Waals surface area (Å²) >= 11 is 1.38. The standard InChI is InChI=1S/C21H28N4O2S/c1-4-6-10-15(5-2)19(27)22-21-24-23-20(28-21)16-12-18(26)25(13-16)17-11-8-7-9-14(17)3/h7-9,11,15-16H,4-6,10,12-13H2,1-3H3,(H,22,24,27). The molecule has 0 spiro atoms. The van der Waals surface area contributed by atoms with Crippen LogP contribution in [0.5, 0.6) is 0 Å². The fourth-order valence-electron chi connectivity index (χ4n) is 3.60. The highest BCUT2D eigenvalue weighted by Crippen LogP contribution is 2.35. The second-order valence-electron chi connectivity index (χ2n) is 7.37. The average Bonchev–Trinajstić information content (AvgIpc) is 3.29. The van der Waals surface area contributed by atoms with Crippen LogP contribution in [-0.4, -0.2) is 28.6 Å². The van der Waals surface area contributed by atoms with Crippen LogP contribution in [0.15, 0.2) is 24.3 Å². The minimum atomic E-state index is 0.0110. The molecule has 0 saturated carbocycles. The molecule has 28 heavy (non-hydrogen) atoms. The number of benzene rings is 1. The highest BCUT2D eigenvalue weighted by Gasteiger charge is 2.34. The van der Waals surface area contributed by atoms with Crippen molar-refractivity contribution < 1.29 is 9.59 Å². The molecule has 6 nitrogen and oxygen atoms in total. The predicted molar refractivity (Wildman–Crippen MR) is 113 cm³/mol. The van der Waals surface area contributed by atoms with E-state index < -0.39 is 0 Å². The molecule has 2 heterocycles. The van der Waals surface area contributed by atoms with E-state index in [2.05, 4.69) is 22.4 Å². The Kier molecular flexibility index (Phi) is 6.78. The molecule has 150 valence electrons. The lowest BCUT2D eigenvalue weighted by Gasteiger charge is -2.18. The van der Waals surface area contributed by atoms with Gasteiger partial charge in [0.05, 0.1) is 0 Å². The smallest absolute Gasteiger partial charge is 0.229 e. The zero-order chi connectivity index (χ0) is 20.1. The molecular formula is C21H28N4O2S. The van der Waals surface area contributed by atoms with E-state index in [4.69, 9.17) is 0 Å². The van der Waals surface area contributed by atoms with Gasteiger partial charge in [-0.3, -0.25) is 9.59 Å². The number of hydrogen-bond acceptors (Lipinski definition) is 5. The summed E-state index contributed by atoms with van der Waals surface area (Å²) in [5.41, 5.74) is 2.04. The molecule has 1 aliphatic rings. The molecular weight excluding hydrogens is 372 g/mol. The summed E-state index contributed by atoms with van der Waals surface area (Å²) in [4.78, 5) is 26.8. The lowest BCUT2D eigenvalue weighted by Crippen LogP contribution is -2.25. The van der Waals surface area contributed by atoms with Gasteiger partial charge < -0.3 is 10.2 Å². The van der Waals surface area contributed by atoms with Crippen LogP contribution in [-0.2, 0) is 9.59 Å². The van der Waals surface area contributed by atoms with E-state index in [1.807, 2.05) is 43.0 Å². The second kappa shape index (κ2) is 9.28. The zero-order valence-corrected chi connectivity index (χ0v) is 17.6. The fourth-order valence-corrected chi connectivity index (χ4v) is 4.44. The van der Waals surface area contributed by atoms with Gasteiger partial charge in [0.15, 0.2) is 0 Å². The molecule has 2 amide bonds. The van der Waals surface area contributed by atoms with E-state index in [0.717, 1.165) is 41.9 Å². The predicted octanol–water partition coefficient (Wildman–Crippen LogP) is 4.52. The van der Waals surface area contributed by atoms with Crippen molar-refractivity contribution in [1.82, 2.24) is 10.2 Å². The highest BCUT2D eigenvalue weighted by atomic mass is 32.1. The van der Waals surface area contributed by atoms with Gasteiger partial charge in [0.2, 0.25) is 16.9 Å². The number of carbonyl (C=O) groups is 2. The van der Waals surface area contributed by atoms with Crippen LogP contribution in [0.2, 0.25) is 0 Å². The first-order valence-corrected chi connectivity index (χ1v) is 10.8. The number of nitrogens with one attached hydrogen (secondary N) is 1. The molecule has 1 aromatic carbocycles. The first-order chi connectivity index (χ1) is 13.5. The molecule has 1 aromatic heterocycles. The van der Waals surface area contributed by atoms with Crippen molar-refractivity contribution in [3.8, 4) is 0 Å². The lowest BCUT2D eigenvalue weighted by molar-refractivity contribution is -0.120. The van der Waals surface area contributed by atoms with Crippen LogP contribution in [0.1, 0.15) is 62.4 Å². The molecule has 0 bridgehead atoms. The summed E-state index contributed by atoms with van der Waals surface area (Å²) < 4.78 is 0. The Bertz CT molecular complexity index is 835. The number of carbonyl (C=O) groups excluding carboxylic acids is 2. The quantitative estimate of drug-likeness (QED) is 0.707. The Morgan fingerprint density at radius 1 is 1.32 bits per heavy atom. The Balaban J connectivity index is 1.65. The summed E-state index contributed by atoms with van der Waals surface area (Å²) in [7, 11) is 0. The second-order valence-corrected chi connectivity index (χ2v) is 8.38. The van der Waals surface area contributed by atoms with Gasteiger partial charge in [-0.05, 0) is 31.4 Å². The minimum Gasteiger partial charge on any atom is -0.311 e. The zero-order valence-electron chi connectivity index (χ0n) is 16.8. The molecule has 0 radical (unpaired) electrons. The van der Waals surface area contributed by atoms with Gasteiger partial charge >= 0.3 is 0 Å². The van der Waals surface area contributed by atoms with E-state index in [0.29, 0.717) is 18.1 Å². The van der Waals surface area contributed by atoms with Gasteiger partial charge in [-0.1, -0.05) is 56.2 Å². The van der Waals surface area contributed by atoms with Crippen molar-refractivity contribution in [3.05, 3.63) is 34.8 Å². The third-order valence-electron chi connectivity index (χ3n) is 5.32. The maximum absolute atomic E-state index is 12.5. The van der Waals surface area contributed by atoms with Crippen LogP contribution in [0.3, 0.4) is 0 Å². The average molecular weight is 401 g/mol. The van der Waals surface area contributed by atoms with Crippen LogP contribution in [0, 0.1) is 12.8 Å². The Labute approximate surface area is 170 Å². The number of para-hydroxylation sites is 1. The first-order valence-electron chi connectivity index (χ1n) is 10.0. The fraction of sp³-hybridized carbons (Fsp3) is 0.524. The number of hydrogen-bond donors (Lipinski definition) is 1. The van der Waals surface area contributed by atoms with Crippen molar-refractivity contribution in [2.24, 2.45) is 5.92 Å². The van der Waals surface area contributed by atoms with Crippen molar-refractivity contribution in [2.75, 3.05) is 16.8 Å². The van der Waals surface area contributed by atoms with Crippen molar-refractivity contribution in [1.29, 1.82) is 0 Å². The maximum atomic E-state index is 12.5. The minimum absolute atomic E-state index is 0.0110. The van der Waals surface area contributed by atoms with E-state index in [1.165, 1.54) is 11.3 Å². The number of aryl methyl sites for hydroxylation is 1. The van der Waals surface area contributed by atoms with Crippen LogP contribution in [0.25, 0.3) is 0 Å². The molecule has 1 saturated heterocycles. The van der Waals surface area contributed by atoms with Gasteiger partial charge in [-0.25, -0.2) is 0 Å². The topological polar surface area (TPSA) is 75.2 Å². The van der Waals surface area contributed by atoms with Crippen molar-refractivity contribution in [2.45, 2.75) is 58.8 Å². The number of anilines is 2. The van der Waals surface area contributed by atoms with Gasteiger partial charge in [0.25, 0.3) is 0 Å². The van der Waals surface area contributed by atoms with Crippen LogP contribution < -0.4 is 10.2 Å². The van der Waals surface area contributed by atoms with E-state index in [9.17, 15) is 9.59 Å². The lowest BCUT2D eigenvalue weighted by atomic mass is 9.99. The summed E-state index contributed by atoms with van der Waals surface area (Å²) in [6.45, 7) is 6.78. The molecule has 1 aliphatic heterocycles. The van der Waals surface area contributed by atoms with E-state index in [-0.39, 0.29) is 23.7 Å². The van der Waals surface area contributed by atoms with Gasteiger partial charge in [0, 0.05) is 30.5 Å². The van der Waals surface area contributed by atoms with Gasteiger partial charge in [-0.15, -0.1) is 10.2 Å². The summed E-state index contributed by atoms with van der Waals surface area (Å²) in [5.74, 6) is 0.141. The monoisotopic (exact) mass is 400 g/mol. The normalized spacial score (nSPS) is 17.8. The number of aromatic nitrogens is 2. The third kappa shape index (κ3) is 4.58. The van der Waals surface area contributed by atoms with Gasteiger partial charge in [0.1, 0.15) is 5.01 Å². The van der Waals surface area contributed by atoms with E-state index >= 15 is 0 Å². The molecule has 1 N–H and O–H groups in total. The number of amides is 2. The Morgan fingerprint density at radius 3 is 2.82 bits per heavy atom. The SMILES string of the molecule is CCCCC(CC)C(=O)Nc1nnc(C2CC(=O)N(c3ccccc3C)C2)s1. The molecule has 0 aliphatic carbocycles. The number of unbranched alkanes of at least 4 members (excludes halogenated alkanes) is 1. The Morgan fingerprint density at radius 2 is 2.11 bits per heavy atom. The summed E-state index contributed by atoms with van der Waals surface area (Å²) in [5, 5.41) is 12.7. The Hall–Kier alpha value is -2.28. The van der Waals surface area contributed by atoms with Crippen LogP contribution >= 0.6 is 11.3 Å². The molecule has 1 fully saturated rings. The first kappa shape index (κ1) is 20.5. The largest absolute Gasteiger partial charge is 0.311 e. The highest BCUT2D eigenvalue weighted by molar-refractivity contribution is 7.15. The molecule has 2 atom stereocenters. The number of rotatable bonds is 8. The van der Waals surface area contributed by atoms with Gasteiger partial charge in [-0.2, -0.15) is 0 Å². The van der Waals surface area contributed by atoms with Crippen LogP contribution in [0.4, 0.5) is 10.8 Å². The van der Waals surface area contributed by atoms with Crippen molar-refractivity contribution in [3.63, 3.8) is 0 Å². The van der Waals surface area contributed by atoms with E-state index in [1.54, 1.807) is 0 Å². The third-order valence-corrected chi connectivity index (χ3v) is 6.32. The summed E-state index contributed by atoms with van der Waals surface area (Å²) in [6.07, 6.45) is 4.27. The molecule has 3 rings (SSSR count). The summed E-state index contributed by atoms with van der Waals surface area (Å²) in [6, 6.07) is 7.91. The number of nitrogens with zero attached hydrogens (tertiary/aromatic N) is 3.